The van der Waals surface area contributed by atoms with Gasteiger partial charge in [0.25, 0.3) is 5.91 Å². The maximum absolute atomic E-state index is 12.4. The fraction of sp³-hybridized carbons (Fsp3) is 0.368. The fourth-order valence-corrected chi connectivity index (χ4v) is 2.56. The van der Waals surface area contributed by atoms with E-state index in [-0.39, 0.29) is 6.04 Å². The second-order valence-corrected chi connectivity index (χ2v) is 6.12. The lowest BCUT2D eigenvalue weighted by Gasteiger charge is -2.13. The Morgan fingerprint density at radius 3 is 2.58 bits per heavy atom. The molecule has 1 aromatic carbocycles. The van der Waals surface area contributed by atoms with Crippen molar-refractivity contribution in [3.63, 3.8) is 0 Å². The Kier molecular flexibility index (Phi) is 6.27. The first kappa shape index (κ1) is 19.4. The van der Waals surface area contributed by atoms with Crippen molar-refractivity contribution in [3.05, 3.63) is 41.1 Å². The van der Waals surface area contributed by atoms with Gasteiger partial charge in [0.15, 0.2) is 6.61 Å². The normalized spacial score (nSPS) is 11.7. The van der Waals surface area contributed by atoms with Crippen LogP contribution in [0.25, 0.3) is 10.9 Å². The predicted molar refractivity (Wildman–Crippen MR) is 97.9 cm³/mol. The van der Waals surface area contributed by atoms with Crippen LogP contribution >= 0.6 is 0 Å². The monoisotopic (exact) mass is 357 g/mol. The summed E-state index contributed by atoms with van der Waals surface area (Å²) in [5.74, 6) is -1.33. The zero-order chi connectivity index (χ0) is 19.3. The number of imide groups is 1. The van der Waals surface area contributed by atoms with Crippen LogP contribution in [-0.2, 0) is 9.53 Å². The topological polar surface area (TPSA) is 97.4 Å². The van der Waals surface area contributed by atoms with Crippen LogP contribution in [0.15, 0.2) is 24.3 Å². The summed E-state index contributed by atoms with van der Waals surface area (Å²) in [6.45, 7) is 6.72. The third-order valence-corrected chi connectivity index (χ3v) is 4.11. The molecule has 0 aliphatic carbocycles. The van der Waals surface area contributed by atoms with Crippen LogP contribution in [0.2, 0.25) is 0 Å². The van der Waals surface area contributed by atoms with Crippen molar-refractivity contribution < 1.29 is 19.1 Å². The molecule has 0 saturated carbocycles. The molecule has 2 aromatic rings. The first-order chi connectivity index (χ1) is 12.3. The Hall–Kier alpha value is -2.96. The maximum Gasteiger partial charge on any atom is 0.340 e. The zero-order valence-corrected chi connectivity index (χ0v) is 15.4. The number of esters is 1. The van der Waals surface area contributed by atoms with Crippen LogP contribution in [0.5, 0.6) is 0 Å². The van der Waals surface area contributed by atoms with Gasteiger partial charge in [-0.2, -0.15) is 0 Å². The molecule has 1 heterocycles. The summed E-state index contributed by atoms with van der Waals surface area (Å²) >= 11 is 0. The highest BCUT2D eigenvalue weighted by Gasteiger charge is 2.19. The number of hydrogen-bond donors (Lipinski definition) is 2. The standard InChI is InChI=1S/C19H23N3O4/c1-5-11(2)20-19(25)22-16(23)10-26-18(24)17-12(3)14-8-6-7-9-15(14)21-13(17)4/h6-9,11H,5,10H2,1-4H3,(H2,20,22,23,25)/t11-/m0/s1. The molecular weight excluding hydrogens is 334 g/mol. The molecule has 3 amide bonds. The smallest absolute Gasteiger partial charge is 0.340 e. The number of amides is 3. The number of para-hydroxylation sites is 1. The number of hydrogen-bond acceptors (Lipinski definition) is 5. The van der Waals surface area contributed by atoms with Gasteiger partial charge < -0.3 is 10.1 Å². The number of carbonyl (C=O) groups excluding carboxylic acids is 3. The van der Waals surface area contributed by atoms with E-state index in [9.17, 15) is 14.4 Å². The van der Waals surface area contributed by atoms with Gasteiger partial charge in [0.05, 0.1) is 16.8 Å². The van der Waals surface area contributed by atoms with Crippen LogP contribution in [0, 0.1) is 13.8 Å². The minimum Gasteiger partial charge on any atom is -0.452 e. The van der Waals surface area contributed by atoms with Crippen molar-refractivity contribution in [2.75, 3.05) is 6.61 Å². The molecule has 26 heavy (non-hydrogen) atoms. The van der Waals surface area contributed by atoms with Crippen LogP contribution < -0.4 is 10.6 Å². The molecule has 0 radical (unpaired) electrons. The van der Waals surface area contributed by atoms with Gasteiger partial charge in [0, 0.05) is 11.4 Å². The quantitative estimate of drug-likeness (QED) is 0.802. The largest absolute Gasteiger partial charge is 0.452 e. The summed E-state index contributed by atoms with van der Waals surface area (Å²) in [5.41, 5.74) is 2.40. The van der Waals surface area contributed by atoms with Gasteiger partial charge in [0.2, 0.25) is 0 Å². The SMILES string of the molecule is CC[C@H](C)NC(=O)NC(=O)COC(=O)c1c(C)nc2ccccc2c1C. The summed E-state index contributed by atoms with van der Waals surface area (Å²) in [6.07, 6.45) is 0.740. The van der Waals surface area contributed by atoms with Crippen molar-refractivity contribution in [3.8, 4) is 0 Å². The molecule has 2 rings (SSSR count). The second kappa shape index (κ2) is 8.42. The first-order valence-corrected chi connectivity index (χ1v) is 8.46. The lowest BCUT2D eigenvalue weighted by Crippen LogP contribution is -2.44. The van der Waals surface area contributed by atoms with Crippen LogP contribution in [0.3, 0.4) is 0 Å². The first-order valence-electron chi connectivity index (χ1n) is 8.46. The summed E-state index contributed by atoms with van der Waals surface area (Å²) in [4.78, 5) is 40.2. The van der Waals surface area contributed by atoms with E-state index < -0.39 is 24.5 Å². The number of urea groups is 1. The minimum absolute atomic E-state index is 0.0562. The summed E-state index contributed by atoms with van der Waals surface area (Å²) in [6, 6.07) is 6.82. The minimum atomic E-state index is -0.691. The van der Waals surface area contributed by atoms with Gasteiger partial charge in [-0.25, -0.2) is 9.59 Å². The molecule has 1 atom stereocenters. The molecule has 0 fully saturated rings. The average Bonchev–Trinajstić information content (AvgIpc) is 2.59. The molecule has 2 N–H and O–H groups in total. The molecule has 0 aliphatic heterocycles. The van der Waals surface area contributed by atoms with E-state index in [0.29, 0.717) is 11.3 Å². The second-order valence-electron chi connectivity index (χ2n) is 6.12. The van der Waals surface area contributed by atoms with Crippen molar-refractivity contribution in [1.29, 1.82) is 0 Å². The number of carbonyl (C=O) groups is 3. The number of ether oxygens (including phenoxy) is 1. The van der Waals surface area contributed by atoms with Gasteiger partial charge in [-0.05, 0) is 38.8 Å². The van der Waals surface area contributed by atoms with Crippen molar-refractivity contribution >= 4 is 28.8 Å². The van der Waals surface area contributed by atoms with Crippen LogP contribution in [0.1, 0.15) is 41.9 Å². The van der Waals surface area contributed by atoms with E-state index in [4.69, 9.17) is 4.74 Å². The van der Waals surface area contributed by atoms with E-state index in [0.717, 1.165) is 22.9 Å². The predicted octanol–water partition coefficient (Wildman–Crippen LogP) is 2.63. The molecule has 7 heteroatoms. The van der Waals surface area contributed by atoms with Gasteiger partial charge in [-0.1, -0.05) is 25.1 Å². The number of pyridine rings is 1. The van der Waals surface area contributed by atoms with E-state index in [1.807, 2.05) is 45.0 Å². The van der Waals surface area contributed by atoms with Gasteiger partial charge in [-0.15, -0.1) is 0 Å². The zero-order valence-electron chi connectivity index (χ0n) is 15.4. The Balaban J connectivity index is 2.03. The van der Waals surface area contributed by atoms with Crippen molar-refractivity contribution in [2.24, 2.45) is 0 Å². The molecule has 0 saturated heterocycles. The Morgan fingerprint density at radius 1 is 1.19 bits per heavy atom. The highest BCUT2D eigenvalue weighted by Crippen LogP contribution is 2.23. The van der Waals surface area contributed by atoms with Crippen molar-refractivity contribution in [2.45, 2.75) is 40.2 Å². The van der Waals surface area contributed by atoms with Gasteiger partial charge in [-0.3, -0.25) is 15.1 Å². The van der Waals surface area contributed by atoms with Gasteiger partial charge in [0.1, 0.15) is 0 Å². The Morgan fingerprint density at radius 2 is 1.88 bits per heavy atom. The number of nitrogens with zero attached hydrogens (tertiary/aromatic N) is 1. The lowest BCUT2D eigenvalue weighted by molar-refractivity contribution is -0.123. The Labute approximate surface area is 152 Å². The average molecular weight is 357 g/mol. The molecule has 0 bridgehead atoms. The molecular formula is C19H23N3O4. The maximum atomic E-state index is 12.4. The number of fused-ring (bicyclic) bond motifs is 1. The van der Waals surface area contributed by atoms with Crippen molar-refractivity contribution in [1.82, 2.24) is 15.6 Å². The molecule has 1 aromatic heterocycles. The van der Waals surface area contributed by atoms with Crippen LogP contribution in [0.4, 0.5) is 4.79 Å². The van der Waals surface area contributed by atoms with E-state index in [2.05, 4.69) is 15.6 Å². The van der Waals surface area contributed by atoms with Gasteiger partial charge >= 0.3 is 12.0 Å². The molecule has 7 nitrogen and oxygen atoms in total. The molecule has 138 valence electrons. The fourth-order valence-electron chi connectivity index (χ4n) is 2.56. The van der Waals surface area contributed by atoms with Crippen LogP contribution in [-0.4, -0.2) is 35.5 Å². The van der Waals surface area contributed by atoms with E-state index in [1.165, 1.54) is 0 Å². The number of nitrogens with one attached hydrogen (secondary N) is 2. The summed E-state index contributed by atoms with van der Waals surface area (Å²) < 4.78 is 5.06. The molecule has 0 spiro atoms. The van der Waals surface area contributed by atoms with E-state index >= 15 is 0 Å². The highest BCUT2D eigenvalue weighted by molar-refractivity contribution is 6.00. The molecule has 0 unspecified atom stereocenters. The number of aryl methyl sites for hydroxylation is 2. The Bertz CT molecular complexity index is 848. The number of rotatable bonds is 5. The lowest BCUT2D eigenvalue weighted by atomic mass is 10.0. The van der Waals surface area contributed by atoms with E-state index in [1.54, 1.807) is 6.92 Å². The number of benzene rings is 1. The summed E-state index contributed by atoms with van der Waals surface area (Å²) in [7, 11) is 0. The highest BCUT2D eigenvalue weighted by atomic mass is 16.5. The summed E-state index contributed by atoms with van der Waals surface area (Å²) in [5, 5.41) is 5.58. The molecule has 0 aliphatic rings. The third-order valence-electron chi connectivity index (χ3n) is 4.11. The third kappa shape index (κ3) is 4.56. The number of aromatic nitrogens is 1.